The van der Waals surface area contributed by atoms with Gasteiger partial charge >= 0.3 is 0 Å². The van der Waals surface area contributed by atoms with Crippen LogP contribution in [-0.2, 0) is 17.8 Å². The second-order valence-corrected chi connectivity index (χ2v) is 8.31. The molecule has 2 N–H and O–H groups in total. The minimum atomic E-state index is -0.602. The van der Waals surface area contributed by atoms with Crippen LogP contribution in [0.2, 0.25) is 5.02 Å². The molecule has 4 rings (SSSR count). The first-order valence-electron chi connectivity index (χ1n) is 10.5. The maximum atomic E-state index is 13.7. The number of amides is 2. The van der Waals surface area contributed by atoms with Crippen LogP contribution in [0.3, 0.4) is 0 Å². The van der Waals surface area contributed by atoms with E-state index in [1.807, 2.05) is 18.2 Å². The molecule has 0 radical (unpaired) electrons. The van der Waals surface area contributed by atoms with Gasteiger partial charge in [-0.15, -0.1) is 0 Å². The van der Waals surface area contributed by atoms with E-state index in [-0.39, 0.29) is 11.7 Å². The van der Waals surface area contributed by atoms with Gasteiger partial charge in [-0.1, -0.05) is 41.9 Å². The van der Waals surface area contributed by atoms with E-state index in [2.05, 4.69) is 0 Å². The summed E-state index contributed by atoms with van der Waals surface area (Å²) in [4.78, 5) is 27.3. The van der Waals surface area contributed by atoms with Gasteiger partial charge in [0, 0.05) is 29.2 Å². The third-order valence-electron chi connectivity index (χ3n) is 5.66. The Hall–Kier alpha value is -3.48. The predicted molar refractivity (Wildman–Crippen MR) is 125 cm³/mol. The number of benzene rings is 3. The maximum absolute atomic E-state index is 13.7. The molecule has 3 aromatic rings. The van der Waals surface area contributed by atoms with E-state index < -0.39 is 5.91 Å². The molecule has 0 aliphatic carbocycles. The van der Waals surface area contributed by atoms with Crippen molar-refractivity contribution in [1.29, 1.82) is 0 Å². The van der Waals surface area contributed by atoms with Crippen LogP contribution in [0, 0.1) is 5.82 Å². The van der Waals surface area contributed by atoms with Crippen LogP contribution < -0.4 is 5.48 Å². The third-order valence-corrected chi connectivity index (χ3v) is 5.91. The van der Waals surface area contributed by atoms with Gasteiger partial charge in [0.2, 0.25) is 0 Å². The number of carbonyl (C=O) groups is 2. The second-order valence-electron chi connectivity index (χ2n) is 7.87. The predicted octanol–water partition coefficient (Wildman–Crippen LogP) is 5.11. The van der Waals surface area contributed by atoms with Crippen LogP contribution in [0.5, 0.6) is 0 Å². The number of rotatable bonds is 4. The molecule has 1 heterocycles. The molecule has 0 atom stereocenters. The topological polar surface area (TPSA) is 69.6 Å². The van der Waals surface area contributed by atoms with Crippen LogP contribution in [0.25, 0.3) is 11.6 Å². The number of carbonyl (C=O) groups excluding carboxylic acids is 2. The zero-order valence-corrected chi connectivity index (χ0v) is 18.5. The Morgan fingerprint density at radius 3 is 2.36 bits per heavy atom. The van der Waals surface area contributed by atoms with E-state index in [0.717, 1.165) is 29.5 Å². The lowest BCUT2D eigenvalue weighted by Crippen LogP contribution is -2.31. The largest absolute Gasteiger partial charge is 0.334 e. The van der Waals surface area contributed by atoms with Gasteiger partial charge in [-0.05, 0) is 77.6 Å². The van der Waals surface area contributed by atoms with Gasteiger partial charge in [0.1, 0.15) is 5.82 Å². The maximum Gasteiger partial charge on any atom is 0.274 e. The number of hydrogen-bond donors (Lipinski definition) is 2. The summed E-state index contributed by atoms with van der Waals surface area (Å²) in [5, 5.41) is 9.55. The summed E-state index contributed by atoms with van der Waals surface area (Å²) in [6, 6.07) is 18.2. The molecule has 0 unspecified atom stereocenters. The normalized spacial score (nSPS) is 13.8. The first-order valence-corrected chi connectivity index (χ1v) is 10.9. The molecule has 168 valence electrons. The highest BCUT2D eigenvalue weighted by Crippen LogP contribution is 2.26. The van der Waals surface area contributed by atoms with Gasteiger partial charge in [-0.3, -0.25) is 14.8 Å². The molecule has 0 spiro atoms. The zero-order valence-electron chi connectivity index (χ0n) is 17.7. The highest BCUT2D eigenvalue weighted by Gasteiger charge is 2.24. The molecule has 0 bridgehead atoms. The molecule has 0 saturated heterocycles. The van der Waals surface area contributed by atoms with Crippen molar-refractivity contribution in [3.63, 3.8) is 0 Å². The summed E-state index contributed by atoms with van der Waals surface area (Å²) in [5.41, 5.74) is 5.72. The van der Waals surface area contributed by atoms with E-state index >= 15 is 0 Å². The van der Waals surface area contributed by atoms with E-state index in [1.165, 1.54) is 12.1 Å². The smallest absolute Gasteiger partial charge is 0.274 e. The standard InChI is InChI=1S/C26H22ClFN2O3/c27-22-9-3-17(4-10-22)14-24(19-7-11-23(28)12-8-19)26(32)30-13-1-2-18-5-6-20(25(31)29-33)15-21(18)16-30/h3-12,14-15,33H,1-2,13,16H2,(H,29,31)/b24-14+. The number of hydrogen-bond acceptors (Lipinski definition) is 3. The van der Waals surface area contributed by atoms with Crippen LogP contribution >= 0.6 is 11.6 Å². The van der Waals surface area contributed by atoms with Crippen molar-refractivity contribution >= 4 is 35.1 Å². The lowest BCUT2D eigenvalue weighted by molar-refractivity contribution is -0.125. The first-order chi connectivity index (χ1) is 15.9. The Morgan fingerprint density at radius 1 is 0.970 bits per heavy atom. The van der Waals surface area contributed by atoms with E-state index in [9.17, 15) is 14.0 Å². The molecular formula is C26H22ClFN2O3. The average molecular weight is 465 g/mol. The lowest BCUT2D eigenvalue weighted by Gasteiger charge is -2.23. The number of nitrogens with one attached hydrogen (secondary N) is 1. The molecule has 0 fully saturated rings. The summed E-state index contributed by atoms with van der Waals surface area (Å²) < 4.78 is 13.5. The van der Waals surface area contributed by atoms with Crippen molar-refractivity contribution in [2.45, 2.75) is 19.4 Å². The Kier molecular flexibility index (Phi) is 6.87. The van der Waals surface area contributed by atoms with Gasteiger partial charge in [0.05, 0.1) is 0 Å². The van der Waals surface area contributed by atoms with Crippen molar-refractivity contribution in [1.82, 2.24) is 10.4 Å². The molecule has 3 aromatic carbocycles. The minimum Gasteiger partial charge on any atom is -0.334 e. The Bertz CT molecular complexity index is 1210. The van der Waals surface area contributed by atoms with Gasteiger partial charge < -0.3 is 4.90 Å². The second kappa shape index (κ2) is 9.98. The number of fused-ring (bicyclic) bond motifs is 1. The van der Waals surface area contributed by atoms with Crippen LogP contribution in [-0.4, -0.2) is 28.5 Å². The molecule has 1 aliphatic rings. The van der Waals surface area contributed by atoms with Gasteiger partial charge in [-0.2, -0.15) is 0 Å². The molecule has 7 heteroatoms. The third kappa shape index (κ3) is 5.30. The Morgan fingerprint density at radius 2 is 1.67 bits per heavy atom. The van der Waals surface area contributed by atoms with Crippen molar-refractivity contribution < 1.29 is 19.2 Å². The fraction of sp³-hybridized carbons (Fsp3) is 0.154. The molecule has 5 nitrogen and oxygen atoms in total. The minimum absolute atomic E-state index is 0.193. The van der Waals surface area contributed by atoms with E-state index in [1.54, 1.807) is 52.9 Å². The van der Waals surface area contributed by atoms with E-state index in [0.29, 0.717) is 34.8 Å². The quantitative estimate of drug-likeness (QED) is 0.244. The zero-order chi connectivity index (χ0) is 23.4. The van der Waals surface area contributed by atoms with Crippen molar-refractivity contribution in [3.8, 4) is 0 Å². The summed E-state index contributed by atoms with van der Waals surface area (Å²) in [6.07, 6.45) is 3.31. The van der Waals surface area contributed by atoms with Crippen molar-refractivity contribution in [2.24, 2.45) is 0 Å². The van der Waals surface area contributed by atoms with Crippen molar-refractivity contribution in [3.05, 3.63) is 105 Å². The molecular weight excluding hydrogens is 443 g/mol. The molecule has 2 amide bonds. The fourth-order valence-electron chi connectivity index (χ4n) is 3.94. The van der Waals surface area contributed by atoms with Crippen LogP contribution in [0.1, 0.15) is 39.0 Å². The average Bonchev–Trinajstić information content (AvgIpc) is 3.05. The highest BCUT2D eigenvalue weighted by molar-refractivity contribution is 6.30. The Balaban J connectivity index is 1.70. The molecule has 1 aliphatic heterocycles. The van der Waals surface area contributed by atoms with Crippen LogP contribution in [0.4, 0.5) is 4.39 Å². The van der Waals surface area contributed by atoms with E-state index in [4.69, 9.17) is 16.8 Å². The first kappa shape index (κ1) is 22.7. The van der Waals surface area contributed by atoms with Crippen molar-refractivity contribution in [2.75, 3.05) is 6.54 Å². The fourth-order valence-corrected chi connectivity index (χ4v) is 4.06. The van der Waals surface area contributed by atoms with Gasteiger partial charge in [0.25, 0.3) is 11.8 Å². The van der Waals surface area contributed by atoms with Gasteiger partial charge in [-0.25, -0.2) is 9.87 Å². The van der Waals surface area contributed by atoms with Gasteiger partial charge in [0.15, 0.2) is 0 Å². The summed E-state index contributed by atoms with van der Waals surface area (Å²) in [7, 11) is 0. The monoisotopic (exact) mass is 464 g/mol. The summed E-state index contributed by atoms with van der Waals surface area (Å²) in [6.45, 7) is 0.855. The number of aryl methyl sites for hydroxylation is 1. The summed E-state index contributed by atoms with van der Waals surface area (Å²) in [5.74, 6) is -1.17. The number of halogens is 2. The SMILES string of the molecule is O=C(NO)c1ccc2c(c1)CN(C(=O)/C(=C/c1ccc(Cl)cc1)c1ccc(F)cc1)CCC2. The highest BCUT2D eigenvalue weighted by atomic mass is 35.5. The summed E-state index contributed by atoms with van der Waals surface area (Å²) >= 11 is 6.00. The molecule has 0 aromatic heterocycles. The Labute approximate surface area is 196 Å². The number of nitrogens with zero attached hydrogens (tertiary/aromatic N) is 1. The van der Waals surface area contributed by atoms with Crippen LogP contribution in [0.15, 0.2) is 66.7 Å². The lowest BCUT2D eigenvalue weighted by atomic mass is 10.00. The molecule has 33 heavy (non-hydrogen) atoms. The molecule has 0 saturated carbocycles. The number of hydroxylamine groups is 1.